The van der Waals surface area contributed by atoms with Crippen molar-refractivity contribution in [3.05, 3.63) is 188 Å². The van der Waals surface area contributed by atoms with E-state index in [0.717, 1.165) is 27.3 Å². The van der Waals surface area contributed by atoms with Crippen molar-refractivity contribution >= 4 is 71.3 Å². The summed E-state index contributed by atoms with van der Waals surface area (Å²) in [5.41, 5.74) is 1.25. The first-order valence-corrected chi connectivity index (χ1v) is 16.0. The fraction of sp³-hybridized carbons (Fsp3) is 0. The van der Waals surface area contributed by atoms with E-state index in [9.17, 15) is 8.22 Å². The van der Waals surface area contributed by atoms with E-state index >= 15 is 0 Å². The quantitative estimate of drug-likeness (QED) is 0.184. The second-order valence-corrected chi connectivity index (χ2v) is 11.9. The lowest BCUT2D eigenvalue weighted by Crippen LogP contribution is -2.10. The van der Waals surface area contributed by atoms with E-state index in [-0.39, 0.29) is 67.4 Å². The Balaban J connectivity index is 1.34. The molecule has 2 heteroatoms. The Kier molecular flexibility index (Phi) is 4.19. The van der Waals surface area contributed by atoms with Crippen LogP contribution in [0.3, 0.4) is 0 Å². The molecule has 2 nitrogen and oxygen atoms in total. The zero-order valence-electron chi connectivity index (χ0n) is 39.2. The fourth-order valence-electron chi connectivity index (χ4n) is 6.75. The Bertz CT molecular complexity index is 3580. The monoisotopic (exact) mass is 650 g/mol. The minimum Gasteiger partial charge on any atom is -0.455 e. The van der Waals surface area contributed by atoms with E-state index in [1.165, 1.54) is 4.90 Å². The van der Waals surface area contributed by atoms with E-state index < -0.39 is 66.5 Å². The average molecular weight is 651 g/mol. The molecule has 0 atom stereocenters. The molecule has 0 bridgehead atoms. The van der Waals surface area contributed by atoms with Crippen LogP contribution >= 0.6 is 0 Å². The molecule has 0 saturated carbocycles. The summed E-state index contributed by atoms with van der Waals surface area (Å²) < 4.78 is 125. The van der Waals surface area contributed by atoms with Crippen LogP contribution in [0.2, 0.25) is 0 Å². The van der Waals surface area contributed by atoms with E-state index in [4.69, 9.17) is 14.0 Å². The van der Waals surface area contributed by atoms with E-state index in [2.05, 4.69) is 0 Å². The van der Waals surface area contributed by atoms with Crippen LogP contribution in [0.25, 0.3) is 76.5 Å². The highest BCUT2D eigenvalue weighted by Crippen LogP contribution is 2.45. The molecule has 1 aromatic heterocycles. The molecule has 0 aliphatic rings. The third kappa shape index (κ3) is 4.57. The number of nitrogens with zero attached hydrogens (tertiary/aromatic N) is 1. The van der Waals surface area contributed by atoms with Crippen LogP contribution in [0.1, 0.15) is 17.8 Å². The molecular formula is C48H31NO. The van der Waals surface area contributed by atoms with Crippen molar-refractivity contribution in [3.63, 3.8) is 0 Å². The highest BCUT2D eigenvalue weighted by atomic mass is 16.3. The van der Waals surface area contributed by atoms with Gasteiger partial charge in [0, 0.05) is 22.1 Å². The Morgan fingerprint density at radius 3 is 1.82 bits per heavy atom. The van der Waals surface area contributed by atoms with Gasteiger partial charge in [-0.1, -0.05) is 145 Å². The first-order chi connectivity index (χ1) is 30.2. The van der Waals surface area contributed by atoms with Crippen LogP contribution in [-0.4, -0.2) is 0 Å². The van der Waals surface area contributed by atoms with Crippen LogP contribution in [0, 0.1) is 0 Å². The molecule has 50 heavy (non-hydrogen) atoms. The van der Waals surface area contributed by atoms with Gasteiger partial charge in [-0.15, -0.1) is 0 Å². The molecule has 10 aromatic rings. The molecule has 0 unspecified atom stereocenters. The first kappa shape index (κ1) is 18.2. The van der Waals surface area contributed by atoms with Crippen molar-refractivity contribution in [1.82, 2.24) is 0 Å². The summed E-state index contributed by atoms with van der Waals surface area (Å²) >= 11 is 0. The van der Waals surface area contributed by atoms with E-state index in [1.54, 1.807) is 24.3 Å². The zero-order valence-corrected chi connectivity index (χ0v) is 26.2. The third-order valence-electron chi connectivity index (χ3n) is 9.07. The van der Waals surface area contributed by atoms with Gasteiger partial charge in [0.1, 0.15) is 11.2 Å². The summed E-state index contributed by atoms with van der Waals surface area (Å²) in [5.74, 6) is 0. The molecule has 0 saturated heterocycles. The number of furan rings is 1. The summed E-state index contributed by atoms with van der Waals surface area (Å²) in [6.45, 7) is 0. The molecule has 9 aromatic carbocycles. The van der Waals surface area contributed by atoms with Gasteiger partial charge >= 0.3 is 0 Å². The van der Waals surface area contributed by atoms with Gasteiger partial charge in [0.05, 0.1) is 28.9 Å². The smallest absolute Gasteiger partial charge is 0.143 e. The van der Waals surface area contributed by atoms with Gasteiger partial charge in [-0.3, -0.25) is 0 Å². The van der Waals surface area contributed by atoms with Crippen molar-refractivity contribution < 1.29 is 22.2 Å². The number of fused-ring (bicyclic) bond motifs is 7. The predicted octanol–water partition coefficient (Wildman–Crippen LogP) is 13.8. The summed E-state index contributed by atoms with van der Waals surface area (Å²) in [5, 5.41) is 2.67. The Labute approximate surface area is 308 Å². The van der Waals surface area contributed by atoms with Crippen molar-refractivity contribution in [2.45, 2.75) is 0 Å². The average Bonchev–Trinajstić information content (AvgIpc) is 3.70. The van der Waals surface area contributed by atoms with Gasteiger partial charge in [0.25, 0.3) is 0 Å². The molecule has 0 spiro atoms. The summed E-state index contributed by atoms with van der Waals surface area (Å²) in [7, 11) is 0. The van der Waals surface area contributed by atoms with Crippen LogP contribution < -0.4 is 4.90 Å². The molecule has 0 radical (unpaired) electrons. The van der Waals surface area contributed by atoms with Crippen LogP contribution in [0.4, 0.5) is 17.1 Å². The van der Waals surface area contributed by atoms with Crippen LogP contribution in [-0.2, 0) is 0 Å². The minimum absolute atomic E-state index is 0.0393. The van der Waals surface area contributed by atoms with Gasteiger partial charge in [0.2, 0.25) is 0 Å². The summed E-state index contributed by atoms with van der Waals surface area (Å²) in [6.07, 6.45) is 0. The summed E-state index contributed by atoms with van der Waals surface area (Å²) in [6, 6.07) is 26.5. The molecule has 0 N–H and O–H groups in total. The normalized spacial score (nSPS) is 15.2. The maximum Gasteiger partial charge on any atom is 0.143 e. The van der Waals surface area contributed by atoms with Crippen molar-refractivity contribution in [1.29, 1.82) is 0 Å². The van der Waals surface area contributed by atoms with Gasteiger partial charge < -0.3 is 9.32 Å². The standard InChI is InChI=1S/C48H31NO/c1-4-15-39-32(10-1)13-7-18-41(39)35-22-27-37(28-23-35)49(38-29-24-36(25-30-38)42-19-8-14-33-11-2-5-16-40(33)42)45-20-9-21-46-47(45)44-31-26-34-12-3-6-17-43(34)48(44)50-46/h1-31H/i3D,6D,9D,12D,17D,20D,21D,22D,23D,26D,27D,28D,31D. The lowest BCUT2D eigenvalue weighted by molar-refractivity contribution is 0.672. The van der Waals surface area contributed by atoms with Crippen molar-refractivity contribution in [2.75, 3.05) is 4.90 Å². The molecule has 1 heterocycles. The van der Waals surface area contributed by atoms with Gasteiger partial charge in [0.15, 0.2) is 0 Å². The predicted molar refractivity (Wildman–Crippen MR) is 212 cm³/mol. The zero-order chi connectivity index (χ0) is 44.3. The molecule has 10 rings (SSSR count). The highest BCUT2D eigenvalue weighted by Gasteiger charge is 2.21. The Morgan fingerprint density at radius 1 is 0.420 bits per heavy atom. The summed E-state index contributed by atoms with van der Waals surface area (Å²) in [4.78, 5) is 1.30. The molecule has 0 aliphatic heterocycles. The Morgan fingerprint density at radius 2 is 1.08 bits per heavy atom. The first-order valence-electron chi connectivity index (χ1n) is 22.5. The number of rotatable bonds is 5. The molecular weight excluding hydrogens is 607 g/mol. The Hall–Kier alpha value is -6.64. The number of anilines is 3. The minimum atomic E-state index is -0.639. The SMILES string of the molecule is [2H]c1c([2H])c(N(c2ccc(-c3cccc4ccccc34)cc2)c2c([2H])c([2H])c([2H])c3oc4c5c([2H])c([2H])c([2H])c([2H])c5c([2H])c([2H])c4c23)c([2H])c([2H])c1-c1cccc2ccccc12. The van der Waals surface area contributed by atoms with Crippen LogP contribution in [0.5, 0.6) is 0 Å². The third-order valence-corrected chi connectivity index (χ3v) is 9.07. The van der Waals surface area contributed by atoms with Crippen molar-refractivity contribution in [3.8, 4) is 22.3 Å². The molecule has 0 amide bonds. The maximum atomic E-state index is 9.65. The van der Waals surface area contributed by atoms with E-state index in [1.807, 2.05) is 84.9 Å². The molecule has 0 fully saturated rings. The number of hydrogen-bond donors (Lipinski definition) is 0. The van der Waals surface area contributed by atoms with Gasteiger partial charge in [-0.05, 0) is 91.5 Å². The second kappa shape index (κ2) is 11.5. The molecule has 0 aliphatic carbocycles. The second-order valence-electron chi connectivity index (χ2n) is 11.9. The van der Waals surface area contributed by atoms with Crippen LogP contribution in [0.15, 0.2) is 192 Å². The van der Waals surface area contributed by atoms with Gasteiger partial charge in [-0.2, -0.15) is 0 Å². The topological polar surface area (TPSA) is 16.4 Å². The fourth-order valence-corrected chi connectivity index (χ4v) is 6.75. The van der Waals surface area contributed by atoms with Gasteiger partial charge in [-0.25, -0.2) is 0 Å². The largest absolute Gasteiger partial charge is 0.455 e. The lowest BCUT2D eigenvalue weighted by atomic mass is 9.97. The maximum absolute atomic E-state index is 9.65. The highest BCUT2D eigenvalue weighted by molar-refractivity contribution is 6.19. The van der Waals surface area contributed by atoms with Crippen molar-refractivity contribution in [2.24, 2.45) is 0 Å². The lowest BCUT2D eigenvalue weighted by Gasteiger charge is -2.27. The van der Waals surface area contributed by atoms with E-state index in [0.29, 0.717) is 10.9 Å². The number of hydrogen-bond acceptors (Lipinski definition) is 2. The number of benzene rings is 9. The molecule has 234 valence electrons.